The fourth-order valence-corrected chi connectivity index (χ4v) is 2.14. The summed E-state index contributed by atoms with van der Waals surface area (Å²) >= 11 is 0. The topological polar surface area (TPSA) is 52.6 Å². The quantitative estimate of drug-likeness (QED) is 0.589. The first kappa shape index (κ1) is 18.5. The van der Waals surface area contributed by atoms with Crippen molar-refractivity contribution in [2.24, 2.45) is 5.92 Å². The van der Waals surface area contributed by atoms with Crippen LogP contribution < -0.4 is 0 Å². The van der Waals surface area contributed by atoms with Gasteiger partial charge in [-0.05, 0) is 46.5 Å². The van der Waals surface area contributed by atoms with Crippen molar-refractivity contribution in [2.75, 3.05) is 0 Å². The van der Waals surface area contributed by atoms with Crippen molar-refractivity contribution in [3.8, 4) is 0 Å². The second-order valence-corrected chi connectivity index (χ2v) is 6.39. The van der Waals surface area contributed by atoms with Gasteiger partial charge < -0.3 is 9.47 Å². The summed E-state index contributed by atoms with van der Waals surface area (Å²) in [5, 5.41) is 0. The van der Waals surface area contributed by atoms with E-state index >= 15 is 0 Å². The second-order valence-electron chi connectivity index (χ2n) is 6.39. The minimum absolute atomic E-state index is 0.306. The van der Waals surface area contributed by atoms with Gasteiger partial charge in [-0.25, -0.2) is 4.79 Å². The molecule has 0 N–H and O–H groups in total. The van der Waals surface area contributed by atoms with E-state index in [9.17, 15) is 22.8 Å². The first-order valence-electron chi connectivity index (χ1n) is 7.10. The van der Waals surface area contributed by atoms with Crippen molar-refractivity contribution in [3.63, 3.8) is 0 Å². The molecule has 0 spiro atoms. The van der Waals surface area contributed by atoms with Crippen LogP contribution in [0.3, 0.4) is 0 Å². The highest BCUT2D eigenvalue weighted by Gasteiger charge is 2.39. The molecule has 22 heavy (non-hydrogen) atoms. The number of hydrogen-bond donors (Lipinski definition) is 0. The average Bonchev–Trinajstić information content (AvgIpc) is 2.35. The molecule has 1 aliphatic carbocycles. The number of rotatable bonds is 3. The molecular weight excluding hydrogens is 301 g/mol. The van der Waals surface area contributed by atoms with Crippen LogP contribution in [0.25, 0.3) is 0 Å². The highest BCUT2D eigenvalue weighted by Crippen LogP contribution is 2.31. The Balaban J connectivity index is 2.45. The maximum absolute atomic E-state index is 12.3. The molecule has 0 heterocycles. The van der Waals surface area contributed by atoms with Crippen molar-refractivity contribution in [1.29, 1.82) is 0 Å². The summed E-state index contributed by atoms with van der Waals surface area (Å²) in [6.45, 7) is 8.00. The molecule has 0 aromatic carbocycles. The van der Waals surface area contributed by atoms with Crippen LogP contribution >= 0.6 is 0 Å². The van der Waals surface area contributed by atoms with Gasteiger partial charge in [-0.2, -0.15) is 13.2 Å². The molecule has 0 aromatic heterocycles. The molecule has 1 aliphatic rings. The van der Waals surface area contributed by atoms with Gasteiger partial charge in [0.2, 0.25) is 0 Å². The summed E-state index contributed by atoms with van der Waals surface area (Å²) < 4.78 is 47.0. The van der Waals surface area contributed by atoms with Crippen LogP contribution in [0.5, 0.6) is 0 Å². The molecule has 126 valence electrons. The van der Waals surface area contributed by atoms with E-state index in [1.54, 1.807) is 20.8 Å². The smallest absolute Gasteiger partial charge is 0.422 e. The largest absolute Gasteiger partial charge is 0.460 e. The lowest BCUT2D eigenvalue weighted by Gasteiger charge is -2.29. The third-order valence-electron chi connectivity index (χ3n) is 3.28. The maximum atomic E-state index is 12.3. The Labute approximate surface area is 127 Å². The molecule has 0 saturated heterocycles. The lowest BCUT2D eigenvalue weighted by Crippen LogP contribution is -2.33. The minimum Gasteiger partial charge on any atom is -0.460 e. The number of alkyl halides is 3. The molecule has 1 saturated carbocycles. The van der Waals surface area contributed by atoms with Crippen molar-refractivity contribution in [3.05, 3.63) is 12.2 Å². The SMILES string of the molecule is C=C(C(=O)OC1CCC(C(=O)OC(C)(C)C)CC1)C(F)(F)F. The zero-order valence-corrected chi connectivity index (χ0v) is 13.0. The fraction of sp³-hybridized carbons (Fsp3) is 0.733. The van der Waals surface area contributed by atoms with Crippen molar-refractivity contribution in [1.82, 2.24) is 0 Å². The summed E-state index contributed by atoms with van der Waals surface area (Å²) in [4.78, 5) is 23.2. The van der Waals surface area contributed by atoms with Crippen LogP contribution in [0.15, 0.2) is 12.2 Å². The zero-order chi connectivity index (χ0) is 17.1. The van der Waals surface area contributed by atoms with Gasteiger partial charge in [-0.1, -0.05) is 6.58 Å². The Morgan fingerprint density at radius 1 is 1.05 bits per heavy atom. The molecular formula is C15H21F3O4. The molecule has 4 nitrogen and oxygen atoms in total. The summed E-state index contributed by atoms with van der Waals surface area (Å²) in [7, 11) is 0. The number of ether oxygens (including phenoxy) is 2. The molecule has 0 atom stereocenters. The number of esters is 2. The Bertz CT molecular complexity index is 441. The fourth-order valence-electron chi connectivity index (χ4n) is 2.14. The van der Waals surface area contributed by atoms with E-state index in [0.717, 1.165) is 0 Å². The normalized spacial score (nSPS) is 22.8. The van der Waals surface area contributed by atoms with Gasteiger partial charge in [0.25, 0.3) is 0 Å². The van der Waals surface area contributed by atoms with E-state index in [0.29, 0.717) is 25.7 Å². The van der Waals surface area contributed by atoms with Crippen LogP contribution in [0, 0.1) is 5.92 Å². The van der Waals surface area contributed by atoms with E-state index in [1.807, 2.05) is 0 Å². The third kappa shape index (κ3) is 5.69. The Morgan fingerprint density at radius 2 is 1.55 bits per heavy atom. The van der Waals surface area contributed by atoms with Crippen LogP contribution in [0.4, 0.5) is 13.2 Å². The number of carbonyl (C=O) groups excluding carboxylic acids is 2. The maximum Gasteiger partial charge on any atom is 0.422 e. The molecule has 1 fully saturated rings. The highest BCUT2D eigenvalue weighted by molar-refractivity contribution is 5.89. The van der Waals surface area contributed by atoms with Crippen LogP contribution in [-0.4, -0.2) is 29.8 Å². The van der Waals surface area contributed by atoms with Crippen molar-refractivity contribution < 1.29 is 32.2 Å². The van der Waals surface area contributed by atoms with Crippen molar-refractivity contribution >= 4 is 11.9 Å². The van der Waals surface area contributed by atoms with Gasteiger partial charge in [0.1, 0.15) is 17.3 Å². The van der Waals surface area contributed by atoms with E-state index in [4.69, 9.17) is 9.47 Å². The molecule has 0 aromatic rings. The number of halogens is 3. The lowest BCUT2D eigenvalue weighted by molar-refractivity contribution is -0.163. The molecule has 0 amide bonds. The molecule has 0 aliphatic heterocycles. The van der Waals surface area contributed by atoms with Crippen LogP contribution in [0.1, 0.15) is 46.5 Å². The van der Waals surface area contributed by atoms with E-state index in [1.165, 1.54) is 0 Å². The molecule has 0 radical (unpaired) electrons. The van der Waals surface area contributed by atoms with Gasteiger partial charge in [-0.3, -0.25) is 4.79 Å². The summed E-state index contributed by atoms with van der Waals surface area (Å²) in [5.74, 6) is -2.08. The van der Waals surface area contributed by atoms with Gasteiger partial charge in [0.05, 0.1) is 5.92 Å². The van der Waals surface area contributed by atoms with E-state index in [-0.39, 0.29) is 11.9 Å². The van der Waals surface area contributed by atoms with E-state index < -0.39 is 29.4 Å². The molecule has 0 unspecified atom stereocenters. The summed E-state index contributed by atoms with van der Waals surface area (Å²) in [5.41, 5.74) is -2.09. The van der Waals surface area contributed by atoms with Gasteiger partial charge in [0, 0.05) is 0 Å². The first-order valence-corrected chi connectivity index (χ1v) is 7.10. The van der Waals surface area contributed by atoms with Crippen LogP contribution in [0.2, 0.25) is 0 Å². The highest BCUT2D eigenvalue weighted by atomic mass is 19.4. The van der Waals surface area contributed by atoms with Gasteiger partial charge in [0.15, 0.2) is 0 Å². The number of carbonyl (C=O) groups is 2. The number of hydrogen-bond acceptors (Lipinski definition) is 4. The average molecular weight is 322 g/mol. The standard InChI is InChI=1S/C15H21F3O4/c1-9(15(16,17)18)12(19)21-11-7-5-10(6-8-11)13(20)22-14(2,3)4/h10-11H,1,5-8H2,2-4H3. The van der Waals surface area contributed by atoms with E-state index in [2.05, 4.69) is 6.58 Å². The monoisotopic (exact) mass is 322 g/mol. The Hall–Kier alpha value is -1.53. The molecule has 1 rings (SSSR count). The third-order valence-corrected chi connectivity index (χ3v) is 3.28. The molecule has 0 bridgehead atoms. The summed E-state index contributed by atoms with van der Waals surface area (Å²) in [6.07, 6.45) is -3.89. The van der Waals surface area contributed by atoms with Crippen molar-refractivity contribution in [2.45, 2.75) is 64.3 Å². The Morgan fingerprint density at radius 3 is 1.95 bits per heavy atom. The predicted molar refractivity (Wildman–Crippen MR) is 72.9 cm³/mol. The predicted octanol–water partition coefficient (Wildman–Crippen LogP) is 3.55. The molecule has 7 heteroatoms. The van der Waals surface area contributed by atoms with Crippen LogP contribution in [-0.2, 0) is 19.1 Å². The first-order chi connectivity index (χ1) is 9.90. The van der Waals surface area contributed by atoms with Gasteiger partial charge in [-0.15, -0.1) is 0 Å². The Kier molecular flexibility index (Phi) is 5.65. The summed E-state index contributed by atoms with van der Waals surface area (Å²) in [6, 6.07) is 0. The van der Waals surface area contributed by atoms with Gasteiger partial charge >= 0.3 is 18.1 Å². The zero-order valence-electron chi connectivity index (χ0n) is 13.0. The lowest BCUT2D eigenvalue weighted by atomic mass is 9.87. The second kappa shape index (κ2) is 6.71. The minimum atomic E-state index is -4.79.